The van der Waals surface area contributed by atoms with Gasteiger partial charge in [0.25, 0.3) is 0 Å². The van der Waals surface area contributed by atoms with Gasteiger partial charge in [-0.2, -0.15) is 0 Å². The Kier molecular flexibility index (Phi) is 5.53. The lowest BCUT2D eigenvalue weighted by molar-refractivity contribution is 0.106. The molecule has 0 aliphatic carbocycles. The van der Waals surface area contributed by atoms with Crippen LogP contribution in [0.3, 0.4) is 0 Å². The van der Waals surface area contributed by atoms with E-state index in [2.05, 4.69) is 16.7 Å². The number of piperazine rings is 1. The van der Waals surface area contributed by atoms with Gasteiger partial charge in [-0.3, -0.25) is 4.90 Å². The topological polar surface area (TPSA) is 52.7 Å². The summed E-state index contributed by atoms with van der Waals surface area (Å²) in [5.41, 5.74) is 5.77. The van der Waals surface area contributed by atoms with Crippen molar-refractivity contribution >= 4 is 0 Å². The Balaban J connectivity index is 2.12. The van der Waals surface area contributed by atoms with Crippen LogP contribution in [-0.4, -0.2) is 66.3 Å². The van der Waals surface area contributed by atoms with Gasteiger partial charge in [0.15, 0.2) is 0 Å². The van der Waals surface area contributed by atoms with Gasteiger partial charge in [-0.05, 0) is 20.3 Å². The molecule has 3 N–H and O–H groups in total. The second-order valence-corrected chi connectivity index (χ2v) is 4.76. The molecule has 1 aliphatic rings. The van der Waals surface area contributed by atoms with Gasteiger partial charge >= 0.3 is 0 Å². The maximum Gasteiger partial charge on any atom is 0.0524 e. The minimum Gasteiger partial charge on any atom is -0.393 e. The fourth-order valence-electron chi connectivity index (χ4n) is 1.97. The normalized spacial score (nSPS) is 24.0. The highest BCUT2D eigenvalue weighted by molar-refractivity contribution is 4.74. The first-order valence-electron chi connectivity index (χ1n) is 5.96. The maximum atomic E-state index is 9.20. The van der Waals surface area contributed by atoms with Gasteiger partial charge in [-0.15, -0.1) is 0 Å². The van der Waals surface area contributed by atoms with Crippen molar-refractivity contribution in [3.8, 4) is 0 Å². The average molecular weight is 215 g/mol. The van der Waals surface area contributed by atoms with Crippen molar-refractivity contribution in [2.24, 2.45) is 5.73 Å². The number of hydrogen-bond acceptors (Lipinski definition) is 4. The maximum absolute atomic E-state index is 9.20. The van der Waals surface area contributed by atoms with Gasteiger partial charge in [0.1, 0.15) is 0 Å². The van der Waals surface area contributed by atoms with Crippen LogP contribution in [0.25, 0.3) is 0 Å². The molecule has 1 aliphatic heterocycles. The Hall–Kier alpha value is -0.160. The van der Waals surface area contributed by atoms with E-state index in [-0.39, 0.29) is 12.1 Å². The van der Waals surface area contributed by atoms with Crippen molar-refractivity contribution in [1.29, 1.82) is 0 Å². The average Bonchev–Trinajstić information content (AvgIpc) is 2.16. The largest absolute Gasteiger partial charge is 0.393 e. The molecule has 1 rings (SSSR count). The third kappa shape index (κ3) is 5.47. The molecule has 0 spiro atoms. The Morgan fingerprint density at radius 2 is 1.67 bits per heavy atom. The van der Waals surface area contributed by atoms with Crippen LogP contribution in [-0.2, 0) is 0 Å². The van der Waals surface area contributed by atoms with Gasteiger partial charge in [0.2, 0.25) is 0 Å². The zero-order valence-corrected chi connectivity index (χ0v) is 10.0. The quantitative estimate of drug-likeness (QED) is 0.662. The molecule has 2 unspecified atom stereocenters. The zero-order chi connectivity index (χ0) is 11.3. The molecule has 0 aromatic rings. The molecule has 1 heterocycles. The molecular formula is C11H25N3O. The third-order valence-corrected chi connectivity index (χ3v) is 2.87. The number of hydrogen-bond donors (Lipinski definition) is 2. The smallest absolute Gasteiger partial charge is 0.0524 e. The van der Waals surface area contributed by atoms with E-state index in [1.54, 1.807) is 0 Å². The van der Waals surface area contributed by atoms with E-state index in [9.17, 15) is 5.11 Å². The summed E-state index contributed by atoms with van der Waals surface area (Å²) in [7, 11) is 0. The Morgan fingerprint density at radius 3 is 2.13 bits per heavy atom. The zero-order valence-electron chi connectivity index (χ0n) is 10.0. The van der Waals surface area contributed by atoms with Crippen LogP contribution in [0.4, 0.5) is 0 Å². The summed E-state index contributed by atoms with van der Waals surface area (Å²) in [6.45, 7) is 10.4. The van der Waals surface area contributed by atoms with E-state index >= 15 is 0 Å². The standard InChI is InChI=1S/C11H25N3O/c1-10(12)9-14-7-5-13(6-8-14)4-3-11(2)15/h10-11,15H,3-9,12H2,1-2H3. The summed E-state index contributed by atoms with van der Waals surface area (Å²) in [6, 6.07) is 0.272. The van der Waals surface area contributed by atoms with E-state index in [0.717, 1.165) is 45.7 Å². The second-order valence-electron chi connectivity index (χ2n) is 4.76. The first-order valence-corrected chi connectivity index (χ1v) is 5.96. The van der Waals surface area contributed by atoms with E-state index in [1.165, 1.54) is 0 Å². The van der Waals surface area contributed by atoms with Crippen LogP contribution in [0.1, 0.15) is 20.3 Å². The third-order valence-electron chi connectivity index (χ3n) is 2.87. The summed E-state index contributed by atoms with van der Waals surface area (Å²) < 4.78 is 0. The van der Waals surface area contributed by atoms with Gasteiger partial charge in [0.05, 0.1) is 6.10 Å². The van der Waals surface area contributed by atoms with Crippen molar-refractivity contribution in [2.45, 2.75) is 32.4 Å². The Bertz CT molecular complexity index is 165. The fourth-order valence-corrected chi connectivity index (χ4v) is 1.97. The molecule has 0 radical (unpaired) electrons. The molecule has 0 aromatic heterocycles. The molecule has 15 heavy (non-hydrogen) atoms. The predicted octanol–water partition coefficient (Wildman–Crippen LogP) is -0.278. The van der Waals surface area contributed by atoms with Crippen molar-refractivity contribution in [1.82, 2.24) is 9.80 Å². The Morgan fingerprint density at radius 1 is 1.13 bits per heavy atom. The van der Waals surface area contributed by atoms with E-state index in [4.69, 9.17) is 5.73 Å². The molecule has 0 saturated carbocycles. The molecule has 0 amide bonds. The molecular weight excluding hydrogens is 190 g/mol. The fraction of sp³-hybridized carbons (Fsp3) is 1.00. The molecule has 2 atom stereocenters. The van der Waals surface area contributed by atoms with Crippen LogP contribution in [0.2, 0.25) is 0 Å². The van der Waals surface area contributed by atoms with Crippen molar-refractivity contribution in [2.75, 3.05) is 39.3 Å². The summed E-state index contributed by atoms with van der Waals surface area (Å²) in [5.74, 6) is 0. The van der Waals surface area contributed by atoms with E-state index in [0.29, 0.717) is 0 Å². The predicted molar refractivity (Wildman–Crippen MR) is 62.8 cm³/mol. The molecule has 1 saturated heterocycles. The Labute approximate surface area is 93.0 Å². The van der Waals surface area contributed by atoms with Gasteiger partial charge in [0, 0.05) is 45.3 Å². The minimum absolute atomic E-state index is 0.174. The summed E-state index contributed by atoms with van der Waals surface area (Å²) in [5, 5.41) is 9.20. The lowest BCUT2D eigenvalue weighted by Crippen LogP contribution is -2.49. The summed E-state index contributed by atoms with van der Waals surface area (Å²) >= 11 is 0. The van der Waals surface area contributed by atoms with Crippen LogP contribution < -0.4 is 5.73 Å². The summed E-state index contributed by atoms with van der Waals surface area (Å²) in [6.07, 6.45) is 0.708. The lowest BCUT2D eigenvalue weighted by atomic mass is 10.2. The van der Waals surface area contributed by atoms with Gasteiger partial charge in [-0.25, -0.2) is 0 Å². The summed E-state index contributed by atoms with van der Waals surface area (Å²) in [4.78, 5) is 4.84. The highest BCUT2D eigenvalue weighted by Gasteiger charge is 2.17. The first-order chi connectivity index (χ1) is 7.08. The molecule has 0 aromatic carbocycles. The van der Waals surface area contributed by atoms with Crippen LogP contribution in [0, 0.1) is 0 Å². The highest BCUT2D eigenvalue weighted by Crippen LogP contribution is 2.03. The van der Waals surface area contributed by atoms with E-state index in [1.807, 2.05) is 6.92 Å². The van der Waals surface area contributed by atoms with Gasteiger partial charge < -0.3 is 15.7 Å². The number of rotatable bonds is 5. The van der Waals surface area contributed by atoms with Crippen molar-refractivity contribution in [3.63, 3.8) is 0 Å². The molecule has 4 heteroatoms. The van der Waals surface area contributed by atoms with Crippen LogP contribution >= 0.6 is 0 Å². The van der Waals surface area contributed by atoms with Gasteiger partial charge in [-0.1, -0.05) is 0 Å². The molecule has 4 nitrogen and oxygen atoms in total. The monoisotopic (exact) mass is 215 g/mol. The second kappa shape index (κ2) is 6.43. The number of aliphatic hydroxyl groups excluding tert-OH is 1. The first kappa shape index (κ1) is 12.9. The van der Waals surface area contributed by atoms with Crippen LogP contribution in [0.15, 0.2) is 0 Å². The number of nitrogens with two attached hydrogens (primary N) is 1. The van der Waals surface area contributed by atoms with Crippen molar-refractivity contribution < 1.29 is 5.11 Å². The molecule has 1 fully saturated rings. The highest BCUT2D eigenvalue weighted by atomic mass is 16.3. The SMILES string of the molecule is CC(N)CN1CCN(CCC(C)O)CC1. The van der Waals surface area contributed by atoms with Crippen LogP contribution in [0.5, 0.6) is 0 Å². The lowest BCUT2D eigenvalue weighted by Gasteiger charge is -2.35. The van der Waals surface area contributed by atoms with E-state index < -0.39 is 0 Å². The number of aliphatic hydroxyl groups is 1. The number of nitrogens with zero attached hydrogens (tertiary/aromatic N) is 2. The molecule has 90 valence electrons. The molecule has 0 bridgehead atoms. The minimum atomic E-state index is -0.174. The van der Waals surface area contributed by atoms with Crippen molar-refractivity contribution in [3.05, 3.63) is 0 Å².